The van der Waals surface area contributed by atoms with Crippen LogP contribution in [0.3, 0.4) is 0 Å². The number of benzene rings is 1. The van der Waals surface area contributed by atoms with Crippen LogP contribution in [0.5, 0.6) is 0 Å². The molecule has 6 nitrogen and oxygen atoms in total. The third-order valence-electron chi connectivity index (χ3n) is 5.55. The molecule has 0 aliphatic carbocycles. The summed E-state index contributed by atoms with van der Waals surface area (Å²) in [6.07, 6.45) is 4.62. The number of nitrogens with one attached hydrogen (secondary N) is 3. The van der Waals surface area contributed by atoms with Gasteiger partial charge in [0, 0.05) is 79.6 Å². The number of carbonyl (C=O) groups is 1. The Bertz CT molecular complexity index is 892. The zero-order chi connectivity index (χ0) is 18.8. The third-order valence-corrected chi connectivity index (χ3v) is 5.55. The Morgan fingerprint density at radius 3 is 2.85 bits per heavy atom. The fourth-order valence-corrected chi connectivity index (χ4v) is 3.95. The fourth-order valence-electron chi connectivity index (χ4n) is 3.95. The van der Waals surface area contributed by atoms with Crippen LogP contribution >= 0.6 is 0 Å². The van der Waals surface area contributed by atoms with E-state index in [9.17, 15) is 4.79 Å². The molecule has 1 amide bonds. The summed E-state index contributed by atoms with van der Waals surface area (Å²) in [5.74, 6) is 0.0596. The second kappa shape index (κ2) is 7.56. The standard InChI is InChI=1S/C21H26N4O2/c1-14(26)25-9-6-20(24-15-7-10-27-11-8-15)18(13-25)21(22)17-12-23-19-5-3-2-4-16(17)19/h2-5,12,15,22-24H,6-11,13H2,1H3. The summed E-state index contributed by atoms with van der Waals surface area (Å²) >= 11 is 0. The van der Waals surface area contributed by atoms with Crippen LogP contribution in [0.4, 0.5) is 0 Å². The number of aromatic amines is 1. The van der Waals surface area contributed by atoms with Gasteiger partial charge < -0.3 is 19.9 Å². The number of amides is 1. The van der Waals surface area contributed by atoms with Crippen LogP contribution in [0, 0.1) is 5.41 Å². The Morgan fingerprint density at radius 1 is 1.30 bits per heavy atom. The van der Waals surface area contributed by atoms with E-state index >= 15 is 0 Å². The minimum Gasteiger partial charge on any atom is -0.385 e. The van der Waals surface area contributed by atoms with E-state index in [0.29, 0.717) is 24.8 Å². The topological polar surface area (TPSA) is 81.2 Å². The second-order valence-electron chi connectivity index (χ2n) is 7.30. The molecule has 6 heteroatoms. The van der Waals surface area contributed by atoms with Gasteiger partial charge in [0.05, 0.1) is 5.71 Å². The van der Waals surface area contributed by atoms with E-state index in [4.69, 9.17) is 10.1 Å². The summed E-state index contributed by atoms with van der Waals surface area (Å²) in [6, 6.07) is 8.41. The first-order chi connectivity index (χ1) is 13.1. The molecule has 0 atom stereocenters. The van der Waals surface area contributed by atoms with E-state index in [1.807, 2.05) is 35.4 Å². The van der Waals surface area contributed by atoms with E-state index in [1.165, 1.54) is 0 Å². The van der Waals surface area contributed by atoms with Crippen molar-refractivity contribution in [3.8, 4) is 0 Å². The molecule has 0 spiro atoms. The van der Waals surface area contributed by atoms with Gasteiger partial charge >= 0.3 is 0 Å². The average Bonchev–Trinajstić information content (AvgIpc) is 3.12. The summed E-state index contributed by atoms with van der Waals surface area (Å²) in [5.41, 5.74) is 4.43. The average molecular weight is 366 g/mol. The van der Waals surface area contributed by atoms with Gasteiger partial charge in [0.2, 0.25) is 5.91 Å². The van der Waals surface area contributed by atoms with Crippen LogP contribution in [0.1, 0.15) is 31.7 Å². The van der Waals surface area contributed by atoms with Crippen molar-refractivity contribution in [2.75, 3.05) is 26.3 Å². The second-order valence-corrected chi connectivity index (χ2v) is 7.30. The zero-order valence-corrected chi connectivity index (χ0v) is 15.7. The summed E-state index contributed by atoms with van der Waals surface area (Å²) in [6.45, 7) is 4.34. The fraction of sp³-hybridized carbons (Fsp3) is 0.429. The summed E-state index contributed by atoms with van der Waals surface area (Å²) in [5, 5.41) is 13.6. The molecule has 1 fully saturated rings. The zero-order valence-electron chi connectivity index (χ0n) is 15.7. The predicted octanol–water partition coefficient (Wildman–Crippen LogP) is 2.81. The minimum absolute atomic E-state index is 0.0596. The smallest absolute Gasteiger partial charge is 0.219 e. The maximum atomic E-state index is 12.0. The van der Waals surface area contributed by atoms with E-state index < -0.39 is 0 Å². The number of nitrogens with zero attached hydrogens (tertiary/aromatic N) is 1. The lowest BCUT2D eigenvalue weighted by Gasteiger charge is -2.34. The molecule has 0 saturated carbocycles. The number of carbonyl (C=O) groups excluding carboxylic acids is 1. The highest BCUT2D eigenvalue weighted by Crippen LogP contribution is 2.26. The number of H-pyrrole nitrogens is 1. The molecule has 2 aromatic rings. The molecule has 0 radical (unpaired) electrons. The molecule has 0 bridgehead atoms. The Morgan fingerprint density at radius 2 is 2.07 bits per heavy atom. The highest BCUT2D eigenvalue weighted by molar-refractivity contribution is 6.18. The van der Waals surface area contributed by atoms with Crippen molar-refractivity contribution < 1.29 is 9.53 Å². The van der Waals surface area contributed by atoms with Crippen molar-refractivity contribution in [1.29, 1.82) is 5.41 Å². The maximum Gasteiger partial charge on any atom is 0.219 e. The van der Waals surface area contributed by atoms with Crippen molar-refractivity contribution in [2.24, 2.45) is 0 Å². The quantitative estimate of drug-likeness (QED) is 0.728. The van der Waals surface area contributed by atoms with Crippen LogP contribution in [0.25, 0.3) is 10.9 Å². The molecule has 142 valence electrons. The van der Waals surface area contributed by atoms with Gasteiger partial charge in [-0.05, 0) is 18.9 Å². The lowest BCUT2D eigenvalue weighted by atomic mass is 9.95. The number of para-hydroxylation sites is 1. The monoisotopic (exact) mass is 366 g/mol. The largest absolute Gasteiger partial charge is 0.385 e. The number of hydrogen-bond acceptors (Lipinski definition) is 4. The minimum atomic E-state index is 0.0596. The van der Waals surface area contributed by atoms with E-state index in [0.717, 1.165) is 60.2 Å². The first-order valence-corrected chi connectivity index (χ1v) is 9.60. The number of hydrogen-bond donors (Lipinski definition) is 3. The Labute approximate surface area is 159 Å². The highest BCUT2D eigenvalue weighted by Gasteiger charge is 2.27. The lowest BCUT2D eigenvalue weighted by molar-refractivity contribution is -0.128. The normalized spacial score (nSPS) is 18.8. The van der Waals surface area contributed by atoms with Crippen LogP contribution < -0.4 is 5.32 Å². The van der Waals surface area contributed by atoms with Gasteiger partial charge in [0.1, 0.15) is 0 Å². The van der Waals surface area contributed by atoms with Gasteiger partial charge in [-0.15, -0.1) is 0 Å². The van der Waals surface area contributed by atoms with Crippen molar-refractivity contribution in [1.82, 2.24) is 15.2 Å². The molecule has 2 aliphatic heterocycles. The first-order valence-electron chi connectivity index (χ1n) is 9.60. The summed E-state index contributed by atoms with van der Waals surface area (Å²) in [4.78, 5) is 17.0. The van der Waals surface area contributed by atoms with Gasteiger partial charge in [-0.3, -0.25) is 10.2 Å². The lowest BCUT2D eigenvalue weighted by Crippen LogP contribution is -2.43. The van der Waals surface area contributed by atoms with Gasteiger partial charge in [-0.25, -0.2) is 0 Å². The Hall–Kier alpha value is -2.60. The van der Waals surface area contributed by atoms with Gasteiger partial charge in [-0.2, -0.15) is 0 Å². The molecule has 1 aromatic carbocycles. The molecular formula is C21H26N4O2. The summed E-state index contributed by atoms with van der Waals surface area (Å²) < 4.78 is 5.46. The van der Waals surface area contributed by atoms with Gasteiger partial charge in [0.15, 0.2) is 0 Å². The SMILES string of the molecule is CC(=O)N1CCC(NC2CCOCC2)=C(C(=N)c2c[nH]c3ccccc23)C1. The van der Waals surface area contributed by atoms with E-state index in [-0.39, 0.29) is 5.91 Å². The number of aromatic nitrogens is 1. The molecule has 27 heavy (non-hydrogen) atoms. The summed E-state index contributed by atoms with van der Waals surface area (Å²) in [7, 11) is 0. The highest BCUT2D eigenvalue weighted by atomic mass is 16.5. The molecule has 2 aliphatic rings. The van der Waals surface area contributed by atoms with Crippen LogP contribution in [-0.2, 0) is 9.53 Å². The molecule has 1 saturated heterocycles. The van der Waals surface area contributed by atoms with Crippen molar-refractivity contribution in [3.63, 3.8) is 0 Å². The molecule has 3 heterocycles. The molecule has 3 N–H and O–H groups in total. The number of rotatable bonds is 4. The predicted molar refractivity (Wildman–Crippen MR) is 106 cm³/mol. The molecule has 0 unspecified atom stereocenters. The molecule has 1 aromatic heterocycles. The van der Waals surface area contributed by atoms with E-state index in [1.54, 1.807) is 6.92 Å². The van der Waals surface area contributed by atoms with Crippen LogP contribution in [-0.4, -0.2) is 53.8 Å². The molecular weight excluding hydrogens is 340 g/mol. The molecule has 4 rings (SSSR count). The van der Waals surface area contributed by atoms with E-state index in [2.05, 4.69) is 10.3 Å². The maximum absolute atomic E-state index is 12.0. The van der Waals surface area contributed by atoms with Gasteiger partial charge in [-0.1, -0.05) is 18.2 Å². The van der Waals surface area contributed by atoms with Crippen molar-refractivity contribution >= 4 is 22.5 Å². The van der Waals surface area contributed by atoms with Crippen molar-refractivity contribution in [3.05, 3.63) is 47.3 Å². The van der Waals surface area contributed by atoms with Gasteiger partial charge in [0.25, 0.3) is 0 Å². The Kier molecular flexibility index (Phi) is 4.99. The third kappa shape index (κ3) is 3.62. The first kappa shape index (κ1) is 17.8. The van der Waals surface area contributed by atoms with Crippen LogP contribution in [0.15, 0.2) is 41.7 Å². The van der Waals surface area contributed by atoms with Crippen LogP contribution in [0.2, 0.25) is 0 Å². The Balaban J connectivity index is 1.68. The van der Waals surface area contributed by atoms with Crippen molar-refractivity contribution in [2.45, 2.75) is 32.2 Å². The number of ether oxygens (including phenoxy) is 1. The number of fused-ring (bicyclic) bond motifs is 1.